The van der Waals surface area contributed by atoms with Gasteiger partial charge < -0.3 is 5.73 Å². The first-order valence-corrected chi connectivity index (χ1v) is 9.27. The van der Waals surface area contributed by atoms with Crippen molar-refractivity contribution in [2.24, 2.45) is 5.73 Å². The Labute approximate surface area is 133 Å². The zero-order valence-corrected chi connectivity index (χ0v) is 14.5. The van der Waals surface area contributed by atoms with Gasteiger partial charge in [-0.25, -0.2) is 12.8 Å². The monoisotopic (exact) mass is 378 g/mol. The standard InChI is InChI=1S/C14H20BrFN2O2S/c1-3-12-5-4-9(2)18(12)21(19,20)13-7-11(15)6-10(8-17)14(13)16/h6-7,9,12H,3-5,8,17H2,1-2H3. The number of hydrogen-bond acceptors (Lipinski definition) is 3. The number of hydrogen-bond donors (Lipinski definition) is 1. The SMILES string of the molecule is CCC1CCC(C)N1S(=O)(=O)c1cc(Br)cc(CN)c1F. The van der Waals surface area contributed by atoms with E-state index >= 15 is 0 Å². The predicted molar refractivity (Wildman–Crippen MR) is 83.8 cm³/mol. The molecule has 1 heterocycles. The molecule has 0 aliphatic carbocycles. The van der Waals surface area contributed by atoms with Crippen LogP contribution in [0, 0.1) is 5.82 Å². The molecule has 0 amide bonds. The third-order valence-corrected chi connectivity index (χ3v) is 6.56. The Kier molecular flexibility index (Phi) is 5.07. The first kappa shape index (κ1) is 16.9. The Bertz CT molecular complexity index is 636. The van der Waals surface area contributed by atoms with Crippen LogP contribution in [0.15, 0.2) is 21.5 Å². The summed E-state index contributed by atoms with van der Waals surface area (Å²) in [6, 6.07) is 2.66. The van der Waals surface area contributed by atoms with Crippen LogP contribution in [0.3, 0.4) is 0 Å². The molecule has 1 aliphatic rings. The Morgan fingerprint density at radius 3 is 2.67 bits per heavy atom. The van der Waals surface area contributed by atoms with Crippen LogP contribution < -0.4 is 5.73 Å². The van der Waals surface area contributed by atoms with Crippen LogP contribution >= 0.6 is 15.9 Å². The van der Waals surface area contributed by atoms with Crippen molar-refractivity contribution in [3.05, 3.63) is 28.0 Å². The third-order valence-electron chi connectivity index (χ3n) is 4.04. The maximum absolute atomic E-state index is 14.5. The highest BCUT2D eigenvalue weighted by Gasteiger charge is 2.40. The van der Waals surface area contributed by atoms with E-state index in [1.165, 1.54) is 16.4 Å². The summed E-state index contributed by atoms with van der Waals surface area (Å²) in [5, 5.41) is 0. The van der Waals surface area contributed by atoms with Gasteiger partial charge in [-0.1, -0.05) is 22.9 Å². The van der Waals surface area contributed by atoms with Crippen LogP contribution in [-0.4, -0.2) is 24.8 Å². The number of rotatable bonds is 4. The van der Waals surface area contributed by atoms with Gasteiger partial charge in [0, 0.05) is 28.7 Å². The molecule has 0 bridgehead atoms. The Morgan fingerprint density at radius 1 is 1.43 bits per heavy atom. The third kappa shape index (κ3) is 3.02. The first-order chi connectivity index (χ1) is 9.82. The minimum absolute atomic E-state index is 0.0411. The molecule has 1 aromatic carbocycles. The van der Waals surface area contributed by atoms with Crippen LogP contribution in [0.4, 0.5) is 4.39 Å². The van der Waals surface area contributed by atoms with Crippen LogP contribution in [0.5, 0.6) is 0 Å². The quantitative estimate of drug-likeness (QED) is 0.875. The molecule has 0 saturated carbocycles. The molecule has 2 unspecified atom stereocenters. The van der Waals surface area contributed by atoms with E-state index in [4.69, 9.17) is 5.73 Å². The fraction of sp³-hybridized carbons (Fsp3) is 0.571. The van der Waals surface area contributed by atoms with E-state index in [9.17, 15) is 12.8 Å². The molecule has 118 valence electrons. The topological polar surface area (TPSA) is 63.4 Å². The normalized spacial score (nSPS) is 23.7. The molecule has 1 aliphatic heterocycles. The molecule has 2 rings (SSSR count). The minimum atomic E-state index is -3.86. The average Bonchev–Trinajstić information content (AvgIpc) is 2.82. The number of halogens is 2. The molecule has 0 spiro atoms. The summed E-state index contributed by atoms with van der Waals surface area (Å²) in [6.45, 7) is 3.78. The van der Waals surface area contributed by atoms with Crippen molar-refractivity contribution in [1.82, 2.24) is 4.31 Å². The lowest BCUT2D eigenvalue weighted by Gasteiger charge is -2.27. The zero-order chi connectivity index (χ0) is 15.8. The molecule has 1 fully saturated rings. The van der Waals surface area contributed by atoms with Crippen LogP contribution in [0.1, 0.15) is 38.7 Å². The zero-order valence-electron chi connectivity index (χ0n) is 12.1. The van der Waals surface area contributed by atoms with Gasteiger partial charge in [0.25, 0.3) is 0 Å². The van der Waals surface area contributed by atoms with Gasteiger partial charge in [0.05, 0.1) is 0 Å². The van der Waals surface area contributed by atoms with E-state index in [2.05, 4.69) is 15.9 Å². The number of nitrogens with two attached hydrogens (primary N) is 1. The summed E-state index contributed by atoms with van der Waals surface area (Å²) in [5.74, 6) is -0.741. The molecular formula is C14H20BrFN2O2S. The van der Waals surface area contributed by atoms with Crippen molar-refractivity contribution in [3.63, 3.8) is 0 Å². The molecule has 2 atom stereocenters. The van der Waals surface area contributed by atoms with Crippen molar-refractivity contribution in [2.45, 2.75) is 56.6 Å². The highest BCUT2D eigenvalue weighted by molar-refractivity contribution is 9.10. The number of nitrogens with zero attached hydrogens (tertiary/aromatic N) is 1. The van der Waals surface area contributed by atoms with E-state index in [1.54, 1.807) is 0 Å². The lowest BCUT2D eigenvalue weighted by Crippen LogP contribution is -2.40. The Balaban J connectivity index is 2.56. The lowest BCUT2D eigenvalue weighted by atomic mass is 10.2. The Morgan fingerprint density at radius 2 is 2.10 bits per heavy atom. The molecule has 1 saturated heterocycles. The summed E-state index contributed by atoms with van der Waals surface area (Å²) in [5.41, 5.74) is 5.69. The highest BCUT2D eigenvalue weighted by atomic mass is 79.9. The van der Waals surface area contributed by atoms with E-state index in [0.29, 0.717) is 4.47 Å². The second kappa shape index (κ2) is 6.32. The summed E-state index contributed by atoms with van der Waals surface area (Å²) < 4.78 is 42.2. The van der Waals surface area contributed by atoms with E-state index in [-0.39, 0.29) is 29.1 Å². The van der Waals surface area contributed by atoms with Crippen molar-refractivity contribution in [3.8, 4) is 0 Å². The molecule has 2 N–H and O–H groups in total. The molecule has 21 heavy (non-hydrogen) atoms. The van der Waals surface area contributed by atoms with E-state index in [1.807, 2.05) is 13.8 Å². The van der Waals surface area contributed by atoms with Crippen molar-refractivity contribution in [2.75, 3.05) is 0 Å². The smallest absolute Gasteiger partial charge is 0.246 e. The molecule has 0 radical (unpaired) electrons. The van der Waals surface area contributed by atoms with Gasteiger partial charge >= 0.3 is 0 Å². The summed E-state index contributed by atoms with van der Waals surface area (Å²) in [4.78, 5) is -0.287. The van der Waals surface area contributed by atoms with Crippen molar-refractivity contribution >= 4 is 26.0 Å². The van der Waals surface area contributed by atoms with Gasteiger partial charge in [-0.2, -0.15) is 4.31 Å². The maximum atomic E-state index is 14.5. The fourth-order valence-electron chi connectivity index (χ4n) is 2.93. The van der Waals surface area contributed by atoms with Gasteiger partial charge in [0.2, 0.25) is 10.0 Å². The van der Waals surface area contributed by atoms with E-state index < -0.39 is 15.8 Å². The van der Waals surface area contributed by atoms with Gasteiger partial charge in [0.15, 0.2) is 0 Å². The van der Waals surface area contributed by atoms with E-state index in [0.717, 1.165) is 19.3 Å². The van der Waals surface area contributed by atoms with Crippen molar-refractivity contribution < 1.29 is 12.8 Å². The van der Waals surface area contributed by atoms with Gasteiger partial charge in [-0.3, -0.25) is 0 Å². The predicted octanol–water partition coefficient (Wildman–Crippen LogP) is 3.00. The summed E-state index contributed by atoms with van der Waals surface area (Å²) >= 11 is 3.23. The average molecular weight is 379 g/mol. The largest absolute Gasteiger partial charge is 0.326 e. The lowest BCUT2D eigenvalue weighted by molar-refractivity contribution is 0.327. The second-order valence-electron chi connectivity index (χ2n) is 5.40. The number of sulfonamides is 1. The van der Waals surface area contributed by atoms with Gasteiger partial charge in [-0.15, -0.1) is 0 Å². The summed E-state index contributed by atoms with van der Waals surface area (Å²) in [7, 11) is -3.86. The second-order valence-corrected chi connectivity index (χ2v) is 8.13. The van der Waals surface area contributed by atoms with Crippen LogP contribution in [-0.2, 0) is 16.6 Å². The van der Waals surface area contributed by atoms with Crippen LogP contribution in [0.25, 0.3) is 0 Å². The molecular weight excluding hydrogens is 359 g/mol. The first-order valence-electron chi connectivity index (χ1n) is 7.04. The van der Waals surface area contributed by atoms with Gasteiger partial charge in [0.1, 0.15) is 10.7 Å². The van der Waals surface area contributed by atoms with Crippen molar-refractivity contribution in [1.29, 1.82) is 0 Å². The van der Waals surface area contributed by atoms with Gasteiger partial charge in [-0.05, 0) is 38.3 Å². The maximum Gasteiger partial charge on any atom is 0.246 e. The molecule has 0 aromatic heterocycles. The molecule has 7 heteroatoms. The molecule has 4 nitrogen and oxygen atoms in total. The Hall–Kier alpha value is -0.500. The highest BCUT2D eigenvalue weighted by Crippen LogP contribution is 2.34. The summed E-state index contributed by atoms with van der Waals surface area (Å²) in [6.07, 6.45) is 2.34. The van der Waals surface area contributed by atoms with Crippen LogP contribution in [0.2, 0.25) is 0 Å². The number of benzene rings is 1. The molecule has 1 aromatic rings. The fourth-order valence-corrected chi connectivity index (χ4v) is 5.68. The minimum Gasteiger partial charge on any atom is -0.326 e.